The fourth-order valence-corrected chi connectivity index (χ4v) is 2.20. The number of carbonyl (C=O) groups is 1. The molecule has 0 unspecified atom stereocenters. The van der Waals surface area contributed by atoms with Gasteiger partial charge in [0.05, 0.1) is 0 Å². The highest BCUT2D eigenvalue weighted by molar-refractivity contribution is 5.81. The maximum absolute atomic E-state index is 12.4. The van der Waals surface area contributed by atoms with Crippen molar-refractivity contribution in [2.24, 2.45) is 0 Å². The van der Waals surface area contributed by atoms with Crippen LogP contribution >= 0.6 is 0 Å². The van der Waals surface area contributed by atoms with Crippen LogP contribution < -0.4 is 4.74 Å². The van der Waals surface area contributed by atoms with Crippen LogP contribution in [0.1, 0.15) is 13.3 Å². The van der Waals surface area contributed by atoms with E-state index in [1.165, 1.54) is 0 Å². The Balaban J connectivity index is 1.95. The smallest absolute Gasteiger partial charge is 0.263 e. The van der Waals surface area contributed by atoms with E-state index in [1.54, 1.807) is 0 Å². The summed E-state index contributed by atoms with van der Waals surface area (Å²) in [5.41, 5.74) is 0. The molecule has 1 aromatic carbocycles. The van der Waals surface area contributed by atoms with Gasteiger partial charge in [-0.2, -0.15) is 0 Å². The molecule has 1 saturated heterocycles. The first-order valence-electron chi connectivity index (χ1n) is 6.89. The Morgan fingerprint density at radius 3 is 2.42 bits per heavy atom. The van der Waals surface area contributed by atoms with Crippen LogP contribution in [0.15, 0.2) is 30.3 Å². The van der Waals surface area contributed by atoms with Crippen LogP contribution in [0, 0.1) is 0 Å². The van der Waals surface area contributed by atoms with Gasteiger partial charge < -0.3 is 14.5 Å². The largest absolute Gasteiger partial charge is 0.481 e. The molecule has 1 aliphatic heterocycles. The summed E-state index contributed by atoms with van der Waals surface area (Å²) in [4.78, 5) is 16.6. The first-order valence-corrected chi connectivity index (χ1v) is 6.89. The number of rotatable bonds is 4. The Hall–Kier alpha value is -1.55. The predicted molar refractivity (Wildman–Crippen MR) is 75.2 cm³/mol. The molecular formula is C15H22N2O2. The van der Waals surface area contributed by atoms with E-state index in [4.69, 9.17) is 4.74 Å². The van der Waals surface area contributed by atoms with Gasteiger partial charge in [0.25, 0.3) is 5.91 Å². The lowest BCUT2D eigenvalue weighted by Crippen LogP contribution is -2.51. The van der Waals surface area contributed by atoms with Crippen molar-refractivity contribution in [2.75, 3.05) is 33.2 Å². The molecule has 0 spiro atoms. The first kappa shape index (κ1) is 13.9. The van der Waals surface area contributed by atoms with Crippen LogP contribution in [0.25, 0.3) is 0 Å². The van der Waals surface area contributed by atoms with E-state index in [0.717, 1.165) is 31.9 Å². The highest BCUT2D eigenvalue weighted by atomic mass is 16.5. The van der Waals surface area contributed by atoms with Crippen molar-refractivity contribution in [2.45, 2.75) is 19.4 Å². The van der Waals surface area contributed by atoms with E-state index in [1.807, 2.05) is 42.2 Å². The number of carbonyl (C=O) groups excluding carboxylic acids is 1. The SMILES string of the molecule is CC[C@@H](Oc1ccccc1)C(=O)N1CCN(C)CC1. The second kappa shape index (κ2) is 6.57. The summed E-state index contributed by atoms with van der Waals surface area (Å²) >= 11 is 0. The third-order valence-electron chi connectivity index (χ3n) is 3.48. The molecule has 0 aromatic heterocycles. The second-order valence-electron chi connectivity index (χ2n) is 4.96. The minimum atomic E-state index is -0.370. The van der Waals surface area contributed by atoms with Crippen LogP contribution in [0.4, 0.5) is 0 Å². The highest BCUT2D eigenvalue weighted by Gasteiger charge is 2.26. The zero-order valence-corrected chi connectivity index (χ0v) is 11.7. The van der Waals surface area contributed by atoms with Crippen molar-refractivity contribution < 1.29 is 9.53 Å². The molecule has 1 aromatic rings. The monoisotopic (exact) mass is 262 g/mol. The molecule has 0 saturated carbocycles. The van der Waals surface area contributed by atoms with Gasteiger partial charge in [0.1, 0.15) is 5.75 Å². The maximum Gasteiger partial charge on any atom is 0.263 e. The van der Waals surface area contributed by atoms with Gasteiger partial charge >= 0.3 is 0 Å². The molecule has 1 heterocycles. The molecule has 0 bridgehead atoms. The summed E-state index contributed by atoms with van der Waals surface area (Å²) in [6.45, 7) is 5.45. The summed E-state index contributed by atoms with van der Waals surface area (Å²) in [6.07, 6.45) is 0.325. The van der Waals surface area contributed by atoms with Gasteiger partial charge in [-0.3, -0.25) is 4.79 Å². The lowest BCUT2D eigenvalue weighted by atomic mass is 10.2. The number of likely N-dealkylation sites (N-methyl/N-ethyl adjacent to an activating group) is 1. The Bertz CT molecular complexity index is 400. The van der Waals surface area contributed by atoms with E-state index in [-0.39, 0.29) is 12.0 Å². The highest BCUT2D eigenvalue weighted by Crippen LogP contribution is 2.14. The normalized spacial score (nSPS) is 18.1. The Morgan fingerprint density at radius 2 is 1.84 bits per heavy atom. The van der Waals surface area contributed by atoms with Gasteiger partial charge in [0, 0.05) is 26.2 Å². The number of benzene rings is 1. The minimum absolute atomic E-state index is 0.111. The minimum Gasteiger partial charge on any atom is -0.481 e. The molecule has 0 radical (unpaired) electrons. The molecule has 104 valence electrons. The van der Waals surface area contributed by atoms with Gasteiger partial charge in [-0.25, -0.2) is 0 Å². The fourth-order valence-electron chi connectivity index (χ4n) is 2.20. The molecule has 1 fully saturated rings. The van der Waals surface area contributed by atoms with Crippen LogP contribution in [0.5, 0.6) is 5.75 Å². The van der Waals surface area contributed by atoms with Crippen LogP contribution in [0.3, 0.4) is 0 Å². The molecular weight excluding hydrogens is 240 g/mol. The number of para-hydroxylation sites is 1. The van der Waals surface area contributed by atoms with Gasteiger partial charge in [0.2, 0.25) is 0 Å². The van der Waals surface area contributed by atoms with Gasteiger partial charge in [0.15, 0.2) is 6.10 Å². The number of hydrogen-bond acceptors (Lipinski definition) is 3. The fraction of sp³-hybridized carbons (Fsp3) is 0.533. The Kier molecular flexibility index (Phi) is 4.80. The molecule has 19 heavy (non-hydrogen) atoms. The third-order valence-corrected chi connectivity index (χ3v) is 3.48. The summed E-state index contributed by atoms with van der Waals surface area (Å²) in [6, 6.07) is 9.56. The van der Waals surface area contributed by atoms with Crippen molar-refractivity contribution >= 4 is 5.91 Å². The molecule has 4 heteroatoms. The summed E-state index contributed by atoms with van der Waals surface area (Å²) < 4.78 is 5.80. The van der Waals surface area contributed by atoms with Gasteiger partial charge in [-0.1, -0.05) is 25.1 Å². The van der Waals surface area contributed by atoms with Crippen molar-refractivity contribution in [1.82, 2.24) is 9.80 Å². The van der Waals surface area contributed by atoms with Crippen molar-refractivity contribution in [3.63, 3.8) is 0 Å². The van der Waals surface area contributed by atoms with Gasteiger partial charge in [-0.15, -0.1) is 0 Å². The average molecular weight is 262 g/mol. The summed E-state index contributed by atoms with van der Waals surface area (Å²) in [7, 11) is 2.08. The van der Waals surface area contributed by atoms with E-state index in [9.17, 15) is 4.79 Å². The molecule has 1 aliphatic rings. The molecule has 1 amide bonds. The zero-order chi connectivity index (χ0) is 13.7. The van der Waals surface area contributed by atoms with E-state index in [0.29, 0.717) is 6.42 Å². The van der Waals surface area contributed by atoms with Crippen molar-refractivity contribution in [3.05, 3.63) is 30.3 Å². The quantitative estimate of drug-likeness (QED) is 0.826. The van der Waals surface area contributed by atoms with E-state index < -0.39 is 0 Å². The number of nitrogens with zero attached hydrogens (tertiary/aromatic N) is 2. The number of amides is 1. The second-order valence-corrected chi connectivity index (χ2v) is 4.96. The summed E-state index contributed by atoms with van der Waals surface area (Å²) in [5.74, 6) is 0.872. The summed E-state index contributed by atoms with van der Waals surface area (Å²) in [5, 5.41) is 0. The average Bonchev–Trinajstić information content (AvgIpc) is 2.46. The van der Waals surface area contributed by atoms with Crippen molar-refractivity contribution in [3.8, 4) is 5.75 Å². The van der Waals surface area contributed by atoms with E-state index >= 15 is 0 Å². The number of hydrogen-bond donors (Lipinski definition) is 0. The van der Waals surface area contributed by atoms with Crippen molar-refractivity contribution in [1.29, 1.82) is 0 Å². The van der Waals surface area contributed by atoms with Gasteiger partial charge in [-0.05, 0) is 25.6 Å². The van der Waals surface area contributed by atoms with E-state index in [2.05, 4.69) is 11.9 Å². The maximum atomic E-state index is 12.4. The first-order chi connectivity index (χ1) is 9.20. The third kappa shape index (κ3) is 3.70. The topological polar surface area (TPSA) is 32.8 Å². The Labute approximate surface area is 115 Å². The molecule has 0 N–H and O–H groups in total. The molecule has 4 nitrogen and oxygen atoms in total. The Morgan fingerprint density at radius 1 is 1.21 bits per heavy atom. The lowest BCUT2D eigenvalue weighted by Gasteiger charge is -2.34. The van der Waals surface area contributed by atoms with Crippen LogP contribution in [-0.4, -0.2) is 55.0 Å². The molecule has 2 rings (SSSR count). The molecule has 1 atom stereocenters. The standard InChI is InChI=1S/C15H22N2O2/c1-3-14(19-13-7-5-4-6-8-13)15(18)17-11-9-16(2)10-12-17/h4-8,14H,3,9-12H2,1-2H3/t14-/m1/s1. The van der Waals surface area contributed by atoms with Crippen LogP contribution in [-0.2, 0) is 4.79 Å². The predicted octanol–water partition coefficient (Wildman–Crippen LogP) is 1.62. The molecule has 0 aliphatic carbocycles. The number of ether oxygens (including phenoxy) is 1. The number of piperazine rings is 1. The zero-order valence-electron chi connectivity index (χ0n) is 11.7. The van der Waals surface area contributed by atoms with Crippen LogP contribution in [0.2, 0.25) is 0 Å². The lowest BCUT2D eigenvalue weighted by molar-refractivity contribution is -0.140.